The van der Waals surface area contributed by atoms with Gasteiger partial charge >= 0.3 is 0 Å². The fourth-order valence-corrected chi connectivity index (χ4v) is 8.14. The maximum atomic E-state index is 12.8. The number of nitrogens with one attached hydrogen (secondary N) is 2. The summed E-state index contributed by atoms with van der Waals surface area (Å²) < 4.78 is 5.51. The fourth-order valence-electron chi connectivity index (χ4n) is 4.31. The summed E-state index contributed by atoms with van der Waals surface area (Å²) in [6.07, 6.45) is 0. The molecule has 0 amide bonds. The van der Waals surface area contributed by atoms with Crippen LogP contribution in [0.1, 0.15) is 22.1 Å². The van der Waals surface area contributed by atoms with E-state index in [4.69, 9.17) is 19.7 Å². The van der Waals surface area contributed by atoms with Crippen molar-refractivity contribution < 1.29 is 9.64 Å². The number of hydrogen-bond acceptors (Lipinski definition) is 9. The van der Waals surface area contributed by atoms with Crippen molar-refractivity contribution in [1.29, 1.82) is 0 Å². The first kappa shape index (κ1) is 23.3. The van der Waals surface area contributed by atoms with Crippen LogP contribution in [0.5, 0.6) is 0 Å². The molecule has 180 valence electrons. The molecule has 5 aromatic heterocycles. The van der Waals surface area contributed by atoms with Crippen LogP contribution in [0.15, 0.2) is 32.7 Å². The second-order valence-electron chi connectivity index (χ2n) is 8.56. The highest BCUT2D eigenvalue weighted by molar-refractivity contribution is 7.98. The molecule has 2 N–H and O–H groups in total. The lowest BCUT2D eigenvalue weighted by Gasteiger charge is -2.23. The third-order valence-electron chi connectivity index (χ3n) is 6.28. The van der Waals surface area contributed by atoms with Gasteiger partial charge in [-0.1, -0.05) is 17.8 Å². The third kappa shape index (κ3) is 4.56. The van der Waals surface area contributed by atoms with E-state index in [0.717, 1.165) is 69.2 Å². The number of quaternary nitrogens is 1. The van der Waals surface area contributed by atoms with E-state index in [1.807, 2.05) is 13.8 Å². The molecule has 0 unspecified atom stereocenters. The number of nitrogens with zero attached hydrogens (tertiary/aromatic N) is 3. The first-order valence-corrected chi connectivity index (χ1v) is 15.0. The van der Waals surface area contributed by atoms with Gasteiger partial charge < -0.3 is 14.6 Å². The van der Waals surface area contributed by atoms with E-state index in [2.05, 4.69) is 27.9 Å². The molecule has 0 spiro atoms. The van der Waals surface area contributed by atoms with Crippen LogP contribution in [0.3, 0.4) is 0 Å². The average molecular weight is 543 g/mol. The van der Waals surface area contributed by atoms with Gasteiger partial charge in [0.2, 0.25) is 0 Å². The van der Waals surface area contributed by atoms with Gasteiger partial charge in [0.15, 0.2) is 5.82 Å². The van der Waals surface area contributed by atoms with Crippen LogP contribution >= 0.6 is 45.8 Å². The minimum absolute atomic E-state index is 0.0632. The molecule has 0 radical (unpaired) electrons. The first-order valence-electron chi connectivity index (χ1n) is 11.4. The van der Waals surface area contributed by atoms with Crippen LogP contribution in [-0.4, -0.2) is 46.2 Å². The molecule has 0 bridgehead atoms. The minimum Gasteiger partial charge on any atom is -0.370 e. The van der Waals surface area contributed by atoms with Crippen LogP contribution in [0.2, 0.25) is 0 Å². The molecular formula is C24H24N5O2S4+. The van der Waals surface area contributed by atoms with Crippen molar-refractivity contribution in [3.8, 4) is 10.4 Å². The van der Waals surface area contributed by atoms with Gasteiger partial charge in [-0.05, 0) is 30.9 Å². The van der Waals surface area contributed by atoms with Crippen LogP contribution in [-0.2, 0) is 17.0 Å². The topological polar surface area (TPSA) is 85.2 Å². The summed E-state index contributed by atoms with van der Waals surface area (Å²) in [5.41, 5.74) is 2.13. The maximum absolute atomic E-state index is 12.8. The Morgan fingerprint density at radius 3 is 2.77 bits per heavy atom. The number of aromatic amines is 1. The van der Waals surface area contributed by atoms with Crippen molar-refractivity contribution in [3.63, 3.8) is 0 Å². The number of fused-ring (bicyclic) bond motifs is 2. The smallest absolute Gasteiger partial charge is 0.259 e. The van der Waals surface area contributed by atoms with Gasteiger partial charge in [-0.25, -0.2) is 15.0 Å². The Bertz CT molecular complexity index is 1560. The zero-order valence-corrected chi connectivity index (χ0v) is 22.6. The van der Waals surface area contributed by atoms with Crippen molar-refractivity contribution in [3.05, 3.63) is 55.3 Å². The lowest BCUT2D eigenvalue weighted by Crippen LogP contribution is -3.12. The number of H-pyrrole nitrogens is 1. The van der Waals surface area contributed by atoms with E-state index >= 15 is 0 Å². The number of hydrogen-bond donors (Lipinski definition) is 2. The minimum atomic E-state index is -0.0632. The van der Waals surface area contributed by atoms with Gasteiger partial charge in [-0.15, -0.1) is 34.0 Å². The highest BCUT2D eigenvalue weighted by Gasteiger charge is 2.21. The summed E-state index contributed by atoms with van der Waals surface area (Å²) >= 11 is 6.59. The molecule has 0 aromatic carbocycles. The summed E-state index contributed by atoms with van der Waals surface area (Å²) in [5, 5.41) is 7.03. The number of aromatic nitrogens is 4. The monoisotopic (exact) mass is 542 g/mol. The summed E-state index contributed by atoms with van der Waals surface area (Å²) in [7, 11) is 0. The van der Waals surface area contributed by atoms with E-state index in [-0.39, 0.29) is 5.56 Å². The lowest BCUT2D eigenvalue weighted by molar-refractivity contribution is -0.922. The van der Waals surface area contributed by atoms with Gasteiger partial charge in [0.05, 0.1) is 29.7 Å². The molecule has 1 saturated heterocycles. The van der Waals surface area contributed by atoms with E-state index in [9.17, 15) is 4.79 Å². The molecule has 0 aliphatic carbocycles. The van der Waals surface area contributed by atoms with Crippen molar-refractivity contribution in [2.45, 2.75) is 31.2 Å². The van der Waals surface area contributed by atoms with Crippen LogP contribution < -0.4 is 10.5 Å². The molecule has 1 aliphatic heterocycles. The fraction of sp³-hybridized carbons (Fsp3) is 0.333. The Morgan fingerprint density at radius 1 is 1.11 bits per heavy atom. The molecule has 5 aromatic rings. The Labute approximate surface area is 218 Å². The van der Waals surface area contributed by atoms with Gasteiger partial charge in [-0.3, -0.25) is 4.79 Å². The lowest BCUT2D eigenvalue weighted by atomic mass is 10.2. The second-order valence-corrected chi connectivity index (χ2v) is 12.5. The largest absolute Gasteiger partial charge is 0.370 e. The molecule has 6 rings (SSSR count). The zero-order chi connectivity index (χ0) is 23.9. The number of thioether (sulfide) groups is 1. The van der Waals surface area contributed by atoms with Crippen LogP contribution in [0.4, 0.5) is 0 Å². The first-order chi connectivity index (χ1) is 17.1. The predicted octanol–water partition coefficient (Wildman–Crippen LogP) is 4.04. The highest BCUT2D eigenvalue weighted by Crippen LogP contribution is 2.40. The van der Waals surface area contributed by atoms with Crippen LogP contribution in [0.25, 0.3) is 30.9 Å². The average Bonchev–Trinajstić information content (AvgIpc) is 3.58. The molecule has 35 heavy (non-hydrogen) atoms. The zero-order valence-electron chi connectivity index (χ0n) is 19.3. The normalized spacial score (nSPS) is 14.9. The van der Waals surface area contributed by atoms with E-state index in [0.29, 0.717) is 17.0 Å². The van der Waals surface area contributed by atoms with Crippen LogP contribution in [0, 0.1) is 13.8 Å². The summed E-state index contributed by atoms with van der Waals surface area (Å²) in [6.45, 7) is 8.31. The number of thiophene rings is 3. The molecular weight excluding hydrogens is 519 g/mol. The molecule has 6 heterocycles. The second kappa shape index (κ2) is 9.72. The quantitative estimate of drug-likeness (QED) is 0.249. The third-order valence-corrected chi connectivity index (χ3v) is 10.1. The van der Waals surface area contributed by atoms with Gasteiger partial charge in [0.25, 0.3) is 5.56 Å². The SMILES string of the molecule is Cc1sc2nc(CSc3nc(C[NH+]4CCOCC4)nc4scc(-c5cccs5)c34)[nH]c(=O)c2c1C. The standard InChI is InChI=1S/C24H23N5O2S4/c1-13-14(2)35-24-19(13)21(30)25-18(28-24)12-34-23-20-15(16-4-3-9-32-16)11-33-22(20)26-17(27-23)10-29-5-7-31-8-6-29/h3-4,9,11H,5-8,10,12H2,1-2H3,(H,25,28,30)/p+1. The van der Waals surface area contributed by atoms with E-state index in [1.54, 1.807) is 45.8 Å². The number of ether oxygens (including phenoxy) is 1. The predicted molar refractivity (Wildman–Crippen MR) is 145 cm³/mol. The van der Waals surface area contributed by atoms with Gasteiger partial charge in [-0.2, -0.15) is 0 Å². The van der Waals surface area contributed by atoms with Crippen molar-refractivity contribution in [1.82, 2.24) is 19.9 Å². The molecule has 7 nitrogen and oxygen atoms in total. The summed E-state index contributed by atoms with van der Waals surface area (Å²) in [6, 6.07) is 4.21. The molecule has 11 heteroatoms. The van der Waals surface area contributed by atoms with Gasteiger partial charge in [0, 0.05) is 20.7 Å². The molecule has 1 aliphatic rings. The number of rotatable bonds is 6. The Kier molecular flexibility index (Phi) is 6.46. The van der Waals surface area contributed by atoms with Gasteiger partial charge in [0.1, 0.15) is 40.1 Å². The van der Waals surface area contributed by atoms with E-state index in [1.165, 1.54) is 15.3 Å². The highest BCUT2D eigenvalue weighted by atomic mass is 32.2. The summed E-state index contributed by atoms with van der Waals surface area (Å²) in [4.78, 5) is 36.1. The van der Waals surface area contributed by atoms with Crippen molar-refractivity contribution in [2.75, 3.05) is 26.3 Å². The Hall–Kier alpha value is -2.15. The van der Waals surface area contributed by atoms with Crippen molar-refractivity contribution in [2.24, 2.45) is 0 Å². The van der Waals surface area contributed by atoms with Crippen molar-refractivity contribution >= 4 is 66.2 Å². The molecule has 1 fully saturated rings. The summed E-state index contributed by atoms with van der Waals surface area (Å²) in [5.74, 6) is 2.07. The molecule has 0 saturated carbocycles. The van der Waals surface area contributed by atoms with E-state index < -0.39 is 0 Å². The molecule has 0 atom stereocenters. The Balaban J connectivity index is 1.37. The Morgan fingerprint density at radius 2 is 1.97 bits per heavy atom. The number of morpholine rings is 1. The number of aryl methyl sites for hydroxylation is 2. The maximum Gasteiger partial charge on any atom is 0.259 e.